The van der Waals surface area contributed by atoms with Gasteiger partial charge in [-0.05, 0) is 17.7 Å². The van der Waals surface area contributed by atoms with Crippen LogP contribution in [-0.4, -0.2) is 34.5 Å². The van der Waals surface area contributed by atoms with Gasteiger partial charge in [-0.1, -0.05) is 12.1 Å². The highest BCUT2D eigenvalue weighted by atomic mass is 16.4. The van der Waals surface area contributed by atoms with E-state index >= 15 is 0 Å². The Morgan fingerprint density at radius 2 is 2.17 bits per heavy atom. The summed E-state index contributed by atoms with van der Waals surface area (Å²) in [6.07, 6.45) is 0. The molecule has 0 aromatic heterocycles. The average Bonchev–Trinajstić information content (AvgIpc) is 2.56. The van der Waals surface area contributed by atoms with Gasteiger partial charge >= 0.3 is 12.0 Å². The molecule has 1 fully saturated rings. The van der Waals surface area contributed by atoms with E-state index in [0.29, 0.717) is 16.2 Å². The zero-order chi connectivity index (χ0) is 13.3. The summed E-state index contributed by atoms with van der Waals surface area (Å²) in [4.78, 5) is 34.6. The minimum Gasteiger partial charge on any atom is -0.480 e. The first-order valence-corrected chi connectivity index (χ1v) is 5.18. The molecule has 7 heteroatoms. The van der Waals surface area contributed by atoms with Crippen LogP contribution in [0.25, 0.3) is 0 Å². The van der Waals surface area contributed by atoms with E-state index in [1.54, 1.807) is 24.3 Å². The first-order valence-electron chi connectivity index (χ1n) is 5.18. The second kappa shape index (κ2) is 4.36. The van der Waals surface area contributed by atoms with Gasteiger partial charge in [-0.25, -0.2) is 4.79 Å². The highest BCUT2D eigenvalue weighted by Crippen LogP contribution is 2.23. The number of nitrogen functional groups attached to an aromatic ring is 1. The van der Waals surface area contributed by atoms with Crippen molar-refractivity contribution >= 4 is 23.6 Å². The highest BCUT2D eigenvalue weighted by molar-refractivity contribution is 6.06. The molecule has 1 heterocycles. The Bertz CT molecular complexity index is 529. The normalized spacial score (nSPS) is 18.9. The highest BCUT2D eigenvalue weighted by Gasteiger charge is 2.39. The Morgan fingerprint density at radius 3 is 2.78 bits per heavy atom. The van der Waals surface area contributed by atoms with Gasteiger partial charge in [-0.2, -0.15) is 0 Å². The van der Waals surface area contributed by atoms with E-state index in [-0.39, 0.29) is 0 Å². The summed E-state index contributed by atoms with van der Waals surface area (Å²) in [6, 6.07) is 4.93. The van der Waals surface area contributed by atoms with Gasteiger partial charge in [0, 0.05) is 5.69 Å². The molecule has 1 atom stereocenters. The van der Waals surface area contributed by atoms with Crippen molar-refractivity contribution in [1.82, 2.24) is 10.2 Å². The van der Waals surface area contributed by atoms with Gasteiger partial charge in [0.1, 0.15) is 12.6 Å². The first kappa shape index (κ1) is 11.9. The van der Waals surface area contributed by atoms with Crippen LogP contribution in [0, 0.1) is 0 Å². The Kier molecular flexibility index (Phi) is 2.88. The van der Waals surface area contributed by atoms with Gasteiger partial charge in [-0.3, -0.25) is 14.5 Å². The number of imide groups is 1. The predicted octanol–water partition coefficient (Wildman–Crippen LogP) is -0.0537. The number of carbonyl (C=O) groups is 3. The van der Waals surface area contributed by atoms with Gasteiger partial charge in [0.25, 0.3) is 5.91 Å². The van der Waals surface area contributed by atoms with Crippen LogP contribution in [-0.2, 0) is 9.59 Å². The number of benzene rings is 1. The van der Waals surface area contributed by atoms with E-state index in [1.807, 2.05) is 0 Å². The van der Waals surface area contributed by atoms with Crippen molar-refractivity contribution < 1.29 is 19.5 Å². The maximum Gasteiger partial charge on any atom is 0.325 e. The van der Waals surface area contributed by atoms with Crippen LogP contribution in [0.15, 0.2) is 24.3 Å². The third-order valence-corrected chi connectivity index (χ3v) is 2.56. The number of carbonyl (C=O) groups excluding carboxylic acids is 2. The molecule has 1 aromatic carbocycles. The molecule has 0 saturated carbocycles. The van der Waals surface area contributed by atoms with E-state index in [0.717, 1.165) is 0 Å². The standard InChI is InChI=1S/C11H11N3O4/c12-7-3-1-2-6(4-7)9-10(17)14(5-8(15)16)11(18)13-9/h1-4,9H,5,12H2,(H,13,18)(H,15,16). The van der Waals surface area contributed by atoms with Crippen LogP contribution in [0.2, 0.25) is 0 Å². The molecule has 1 aromatic rings. The molecule has 94 valence electrons. The summed E-state index contributed by atoms with van der Waals surface area (Å²) in [5.41, 5.74) is 6.58. The molecule has 1 aliphatic heterocycles. The first-order chi connectivity index (χ1) is 8.49. The smallest absolute Gasteiger partial charge is 0.325 e. The topological polar surface area (TPSA) is 113 Å². The van der Waals surface area contributed by atoms with Gasteiger partial charge in [0.15, 0.2) is 0 Å². The van der Waals surface area contributed by atoms with E-state index < -0.39 is 30.5 Å². The van der Waals surface area contributed by atoms with Gasteiger partial charge in [-0.15, -0.1) is 0 Å². The van der Waals surface area contributed by atoms with Crippen LogP contribution in [0.1, 0.15) is 11.6 Å². The quantitative estimate of drug-likeness (QED) is 0.513. The van der Waals surface area contributed by atoms with Crippen molar-refractivity contribution in [1.29, 1.82) is 0 Å². The fourth-order valence-electron chi connectivity index (χ4n) is 1.77. The molecule has 7 nitrogen and oxygen atoms in total. The fourth-order valence-corrected chi connectivity index (χ4v) is 1.77. The average molecular weight is 249 g/mol. The van der Waals surface area contributed by atoms with Crippen molar-refractivity contribution in [3.8, 4) is 0 Å². The Labute approximate surface area is 102 Å². The minimum atomic E-state index is -1.24. The summed E-state index contributed by atoms with van der Waals surface area (Å²) >= 11 is 0. The Morgan fingerprint density at radius 1 is 1.44 bits per heavy atom. The van der Waals surface area contributed by atoms with Gasteiger partial charge in [0.05, 0.1) is 0 Å². The second-order valence-electron chi connectivity index (χ2n) is 3.87. The second-order valence-corrected chi connectivity index (χ2v) is 3.87. The predicted molar refractivity (Wildman–Crippen MR) is 61.5 cm³/mol. The number of hydrogen-bond acceptors (Lipinski definition) is 4. The number of nitrogens with two attached hydrogens (primary N) is 1. The molecule has 2 rings (SSSR count). The maximum absolute atomic E-state index is 11.9. The zero-order valence-electron chi connectivity index (χ0n) is 9.29. The number of hydrogen-bond donors (Lipinski definition) is 3. The third-order valence-electron chi connectivity index (χ3n) is 2.56. The number of rotatable bonds is 3. The number of urea groups is 1. The van der Waals surface area contributed by atoms with Crippen LogP contribution in [0.5, 0.6) is 0 Å². The number of carboxylic acids is 1. The lowest BCUT2D eigenvalue weighted by atomic mass is 10.1. The molecule has 3 amide bonds. The van der Waals surface area contributed by atoms with Crippen molar-refractivity contribution in [3.05, 3.63) is 29.8 Å². The van der Waals surface area contributed by atoms with E-state index in [9.17, 15) is 14.4 Å². The number of amides is 3. The van der Waals surface area contributed by atoms with Gasteiger partial charge < -0.3 is 16.2 Å². The minimum absolute atomic E-state index is 0.464. The number of anilines is 1. The molecule has 18 heavy (non-hydrogen) atoms. The molecule has 4 N–H and O–H groups in total. The number of nitrogens with one attached hydrogen (secondary N) is 1. The number of carboxylic acid groups (broad SMARTS) is 1. The molecule has 0 bridgehead atoms. The van der Waals surface area contributed by atoms with Crippen LogP contribution in [0.3, 0.4) is 0 Å². The molecule has 1 unspecified atom stereocenters. The van der Waals surface area contributed by atoms with Crippen LogP contribution in [0.4, 0.5) is 10.5 Å². The molecule has 0 aliphatic carbocycles. The zero-order valence-corrected chi connectivity index (χ0v) is 9.29. The van der Waals surface area contributed by atoms with Crippen LogP contribution >= 0.6 is 0 Å². The molecule has 0 radical (unpaired) electrons. The maximum atomic E-state index is 11.9. The van der Waals surface area contributed by atoms with E-state index in [1.165, 1.54) is 0 Å². The van der Waals surface area contributed by atoms with Crippen molar-refractivity contribution in [2.75, 3.05) is 12.3 Å². The Hall–Kier alpha value is -2.57. The van der Waals surface area contributed by atoms with Crippen LogP contribution < -0.4 is 11.1 Å². The number of nitrogens with zero attached hydrogens (tertiary/aromatic N) is 1. The molecule has 1 aliphatic rings. The Balaban J connectivity index is 2.25. The molecule has 1 saturated heterocycles. The summed E-state index contributed by atoms with van der Waals surface area (Å²) < 4.78 is 0. The fraction of sp³-hybridized carbons (Fsp3) is 0.182. The summed E-state index contributed by atoms with van der Waals surface area (Å²) in [5, 5.41) is 11.0. The monoisotopic (exact) mass is 249 g/mol. The SMILES string of the molecule is Nc1cccc(C2NC(=O)N(CC(=O)O)C2=O)c1. The lowest BCUT2D eigenvalue weighted by Gasteiger charge is -2.10. The largest absolute Gasteiger partial charge is 0.480 e. The lowest BCUT2D eigenvalue weighted by Crippen LogP contribution is -2.35. The molecular formula is C11H11N3O4. The van der Waals surface area contributed by atoms with Gasteiger partial charge in [0.2, 0.25) is 0 Å². The third kappa shape index (κ3) is 2.10. The summed E-state index contributed by atoms with van der Waals surface area (Å²) in [5.74, 6) is -1.83. The van der Waals surface area contributed by atoms with Crippen molar-refractivity contribution in [2.45, 2.75) is 6.04 Å². The summed E-state index contributed by atoms with van der Waals surface area (Å²) in [6.45, 7) is -0.649. The van der Waals surface area contributed by atoms with E-state index in [2.05, 4.69) is 5.32 Å². The molecular weight excluding hydrogens is 238 g/mol. The van der Waals surface area contributed by atoms with Crippen molar-refractivity contribution in [2.24, 2.45) is 0 Å². The lowest BCUT2D eigenvalue weighted by molar-refractivity contribution is -0.141. The number of aliphatic carboxylic acids is 1. The summed E-state index contributed by atoms with van der Waals surface area (Å²) in [7, 11) is 0. The molecule has 0 spiro atoms. The van der Waals surface area contributed by atoms with E-state index in [4.69, 9.17) is 10.8 Å². The van der Waals surface area contributed by atoms with Crippen molar-refractivity contribution in [3.63, 3.8) is 0 Å².